The standard InChI is InChI=1S/C13H14N2OS/c1-7-3-4-9(8(2)5-7)10-6-17-13(15)11(10)12(14)16/h3-6H,15H2,1-2H3,(H2,14,16). The van der Waals surface area contributed by atoms with Crippen molar-refractivity contribution in [3.63, 3.8) is 0 Å². The van der Waals surface area contributed by atoms with E-state index in [2.05, 4.69) is 6.07 Å². The molecule has 0 aliphatic carbocycles. The number of aryl methyl sites for hydroxylation is 2. The van der Waals surface area contributed by atoms with Crippen molar-refractivity contribution in [2.45, 2.75) is 13.8 Å². The van der Waals surface area contributed by atoms with Crippen LogP contribution < -0.4 is 11.5 Å². The fourth-order valence-corrected chi connectivity index (χ4v) is 2.76. The van der Waals surface area contributed by atoms with E-state index in [4.69, 9.17) is 11.5 Å². The van der Waals surface area contributed by atoms with Crippen LogP contribution in [-0.4, -0.2) is 5.91 Å². The lowest BCUT2D eigenvalue weighted by Gasteiger charge is -2.07. The second-order valence-electron chi connectivity index (χ2n) is 4.07. The first-order valence-electron chi connectivity index (χ1n) is 5.25. The number of amides is 1. The Kier molecular flexibility index (Phi) is 2.90. The largest absolute Gasteiger partial charge is 0.390 e. The first-order valence-corrected chi connectivity index (χ1v) is 6.13. The average Bonchev–Trinajstić information content (AvgIpc) is 2.60. The van der Waals surface area contributed by atoms with Crippen LogP contribution in [0.25, 0.3) is 11.1 Å². The van der Waals surface area contributed by atoms with Crippen LogP contribution in [-0.2, 0) is 0 Å². The van der Waals surface area contributed by atoms with Gasteiger partial charge in [-0.05, 0) is 25.0 Å². The van der Waals surface area contributed by atoms with Crippen LogP contribution in [0.5, 0.6) is 0 Å². The van der Waals surface area contributed by atoms with Gasteiger partial charge in [-0.1, -0.05) is 23.8 Å². The summed E-state index contributed by atoms with van der Waals surface area (Å²) in [6, 6.07) is 6.09. The van der Waals surface area contributed by atoms with Gasteiger partial charge in [0.25, 0.3) is 5.91 Å². The second-order valence-corrected chi connectivity index (χ2v) is 4.98. The molecule has 0 aliphatic rings. The molecule has 0 aliphatic heterocycles. The molecule has 0 saturated heterocycles. The van der Waals surface area contributed by atoms with Gasteiger partial charge in [0, 0.05) is 10.9 Å². The fraction of sp³-hybridized carbons (Fsp3) is 0.154. The van der Waals surface area contributed by atoms with Crippen LogP contribution >= 0.6 is 11.3 Å². The van der Waals surface area contributed by atoms with Crippen molar-refractivity contribution in [3.05, 3.63) is 40.3 Å². The molecule has 0 unspecified atom stereocenters. The molecule has 4 N–H and O–H groups in total. The molecule has 0 atom stereocenters. The van der Waals surface area contributed by atoms with Gasteiger partial charge < -0.3 is 11.5 Å². The average molecular weight is 246 g/mol. The third-order valence-corrected chi connectivity index (χ3v) is 3.55. The maximum atomic E-state index is 11.4. The first kappa shape index (κ1) is 11.7. The quantitative estimate of drug-likeness (QED) is 0.855. The number of thiophene rings is 1. The van der Waals surface area contributed by atoms with Crippen molar-refractivity contribution in [2.24, 2.45) is 5.73 Å². The third kappa shape index (κ3) is 2.03. The van der Waals surface area contributed by atoms with Gasteiger partial charge >= 0.3 is 0 Å². The zero-order valence-corrected chi connectivity index (χ0v) is 10.6. The minimum Gasteiger partial charge on any atom is -0.390 e. The Morgan fingerprint density at radius 1 is 1.24 bits per heavy atom. The highest BCUT2D eigenvalue weighted by molar-refractivity contribution is 7.15. The SMILES string of the molecule is Cc1ccc(-c2csc(N)c2C(N)=O)c(C)c1. The van der Waals surface area contributed by atoms with E-state index >= 15 is 0 Å². The number of primary amides is 1. The molecule has 2 aromatic rings. The summed E-state index contributed by atoms with van der Waals surface area (Å²) in [5.74, 6) is -0.473. The van der Waals surface area contributed by atoms with E-state index in [1.807, 2.05) is 31.4 Å². The van der Waals surface area contributed by atoms with Crippen molar-refractivity contribution in [3.8, 4) is 11.1 Å². The highest BCUT2D eigenvalue weighted by Crippen LogP contribution is 2.35. The lowest BCUT2D eigenvalue weighted by atomic mass is 9.97. The number of hydrogen-bond donors (Lipinski definition) is 2. The maximum Gasteiger partial charge on any atom is 0.252 e. The molecular weight excluding hydrogens is 232 g/mol. The smallest absolute Gasteiger partial charge is 0.252 e. The lowest BCUT2D eigenvalue weighted by molar-refractivity contribution is 0.100. The molecule has 2 rings (SSSR count). The van der Waals surface area contributed by atoms with Crippen LogP contribution in [0.1, 0.15) is 21.5 Å². The summed E-state index contributed by atoms with van der Waals surface area (Å²) in [6.45, 7) is 4.05. The molecular formula is C13H14N2OS. The van der Waals surface area contributed by atoms with E-state index in [-0.39, 0.29) is 0 Å². The van der Waals surface area contributed by atoms with Gasteiger partial charge in [-0.25, -0.2) is 0 Å². The molecule has 1 aromatic carbocycles. The maximum absolute atomic E-state index is 11.4. The molecule has 0 saturated carbocycles. The van der Waals surface area contributed by atoms with Crippen LogP contribution in [0.3, 0.4) is 0 Å². The van der Waals surface area contributed by atoms with Gasteiger partial charge in [-0.3, -0.25) is 4.79 Å². The molecule has 0 fully saturated rings. The number of anilines is 1. The second kappa shape index (κ2) is 4.22. The molecule has 4 heteroatoms. The Hall–Kier alpha value is -1.81. The molecule has 0 spiro atoms. The number of carbonyl (C=O) groups is 1. The minimum atomic E-state index is -0.473. The Morgan fingerprint density at radius 2 is 1.94 bits per heavy atom. The molecule has 17 heavy (non-hydrogen) atoms. The van der Waals surface area contributed by atoms with Crippen LogP contribution in [0.4, 0.5) is 5.00 Å². The van der Waals surface area contributed by atoms with Crippen molar-refractivity contribution in [2.75, 3.05) is 5.73 Å². The van der Waals surface area contributed by atoms with Crippen molar-refractivity contribution < 1.29 is 4.79 Å². The Balaban J connectivity index is 2.65. The van der Waals surface area contributed by atoms with E-state index in [1.165, 1.54) is 16.9 Å². The number of nitrogens with two attached hydrogens (primary N) is 2. The molecule has 1 amide bonds. The van der Waals surface area contributed by atoms with E-state index in [0.717, 1.165) is 16.7 Å². The lowest BCUT2D eigenvalue weighted by Crippen LogP contribution is -2.13. The number of hydrogen-bond acceptors (Lipinski definition) is 3. The van der Waals surface area contributed by atoms with Gasteiger partial charge in [0.2, 0.25) is 0 Å². The fourth-order valence-electron chi connectivity index (χ4n) is 1.94. The van der Waals surface area contributed by atoms with Crippen LogP contribution in [0.2, 0.25) is 0 Å². The molecule has 88 valence electrons. The monoisotopic (exact) mass is 246 g/mol. The Bertz CT molecular complexity index is 587. The van der Waals surface area contributed by atoms with Gasteiger partial charge in [-0.15, -0.1) is 11.3 Å². The van der Waals surface area contributed by atoms with E-state index in [9.17, 15) is 4.79 Å². The van der Waals surface area contributed by atoms with Crippen molar-refractivity contribution >= 4 is 22.2 Å². The molecule has 0 bridgehead atoms. The summed E-state index contributed by atoms with van der Waals surface area (Å²) in [5.41, 5.74) is 15.7. The summed E-state index contributed by atoms with van der Waals surface area (Å²) in [6.07, 6.45) is 0. The van der Waals surface area contributed by atoms with E-state index in [1.54, 1.807) is 0 Å². The van der Waals surface area contributed by atoms with Crippen LogP contribution in [0, 0.1) is 13.8 Å². The first-order chi connectivity index (χ1) is 8.00. The normalized spacial score (nSPS) is 10.5. The minimum absolute atomic E-state index is 0.432. The van der Waals surface area contributed by atoms with Crippen molar-refractivity contribution in [1.82, 2.24) is 0 Å². The Morgan fingerprint density at radius 3 is 2.53 bits per heavy atom. The van der Waals surface area contributed by atoms with Gasteiger partial charge in [0.05, 0.1) is 10.6 Å². The molecule has 1 aromatic heterocycles. The van der Waals surface area contributed by atoms with Gasteiger partial charge in [-0.2, -0.15) is 0 Å². The van der Waals surface area contributed by atoms with E-state index < -0.39 is 5.91 Å². The summed E-state index contributed by atoms with van der Waals surface area (Å²) < 4.78 is 0. The predicted molar refractivity (Wildman–Crippen MR) is 72.2 cm³/mol. The summed E-state index contributed by atoms with van der Waals surface area (Å²) in [7, 11) is 0. The summed E-state index contributed by atoms with van der Waals surface area (Å²) in [4.78, 5) is 11.4. The highest BCUT2D eigenvalue weighted by atomic mass is 32.1. The molecule has 3 nitrogen and oxygen atoms in total. The summed E-state index contributed by atoms with van der Waals surface area (Å²) in [5, 5.41) is 2.36. The van der Waals surface area contributed by atoms with E-state index in [0.29, 0.717) is 10.6 Å². The van der Waals surface area contributed by atoms with Gasteiger partial charge in [0.1, 0.15) is 0 Å². The van der Waals surface area contributed by atoms with Crippen molar-refractivity contribution in [1.29, 1.82) is 0 Å². The number of carbonyl (C=O) groups excluding carboxylic acids is 1. The highest BCUT2D eigenvalue weighted by Gasteiger charge is 2.17. The van der Waals surface area contributed by atoms with Gasteiger partial charge in [0.15, 0.2) is 0 Å². The zero-order chi connectivity index (χ0) is 12.6. The number of nitrogen functional groups attached to an aromatic ring is 1. The van der Waals surface area contributed by atoms with Crippen LogP contribution in [0.15, 0.2) is 23.6 Å². The topological polar surface area (TPSA) is 69.1 Å². The molecule has 0 radical (unpaired) electrons. The zero-order valence-electron chi connectivity index (χ0n) is 9.78. The summed E-state index contributed by atoms with van der Waals surface area (Å²) >= 11 is 1.34. The predicted octanol–water partition coefficient (Wildman–Crippen LogP) is 2.71. The number of rotatable bonds is 2. The third-order valence-electron chi connectivity index (χ3n) is 2.74. The Labute approximate surface area is 104 Å². The molecule has 1 heterocycles. The number of benzene rings is 1.